The van der Waals surface area contributed by atoms with Crippen LogP contribution in [0.2, 0.25) is 0 Å². The van der Waals surface area contributed by atoms with Gasteiger partial charge in [0.1, 0.15) is 21.7 Å². The van der Waals surface area contributed by atoms with Crippen molar-refractivity contribution in [3.63, 3.8) is 0 Å². The van der Waals surface area contributed by atoms with E-state index in [2.05, 4.69) is 15.9 Å². The van der Waals surface area contributed by atoms with E-state index in [0.29, 0.717) is 22.8 Å². The number of amides is 1. The number of benzene rings is 2. The minimum atomic E-state index is -0.494. The van der Waals surface area contributed by atoms with Gasteiger partial charge in [-0.05, 0) is 45.8 Å². The van der Waals surface area contributed by atoms with Crippen molar-refractivity contribution in [2.45, 2.75) is 0 Å². The highest BCUT2D eigenvalue weighted by Crippen LogP contribution is 2.36. The molecule has 1 amide bonds. The number of carbonyl (C=O) groups is 1. The third kappa shape index (κ3) is 3.89. The lowest BCUT2D eigenvalue weighted by Gasteiger charge is -2.10. The monoisotopic (exact) mass is 391 g/mol. The van der Waals surface area contributed by atoms with Crippen molar-refractivity contribution in [1.82, 2.24) is 0 Å². The van der Waals surface area contributed by atoms with E-state index >= 15 is 0 Å². The third-order valence-electron chi connectivity index (χ3n) is 3.44. The molecule has 0 fully saturated rings. The second kappa shape index (κ2) is 7.88. The summed E-state index contributed by atoms with van der Waals surface area (Å²) < 4.78 is 16.7. The highest BCUT2D eigenvalue weighted by molar-refractivity contribution is 9.10. The molecule has 0 saturated heterocycles. The van der Waals surface area contributed by atoms with Crippen molar-refractivity contribution in [2.24, 2.45) is 5.73 Å². The van der Waals surface area contributed by atoms with Gasteiger partial charge >= 0.3 is 0 Å². The lowest BCUT2D eigenvalue weighted by atomic mass is 10.1. The fraction of sp³-hybridized carbons (Fsp3) is 0.167. The molecule has 0 saturated carbocycles. The van der Waals surface area contributed by atoms with Crippen LogP contribution in [0.5, 0.6) is 17.2 Å². The lowest BCUT2D eigenvalue weighted by Crippen LogP contribution is -2.10. The molecule has 0 aliphatic rings. The Kier molecular flexibility index (Phi) is 5.87. The number of carbonyl (C=O) groups excluding carboxylic acids is 1. The fourth-order valence-electron chi connectivity index (χ4n) is 2.17. The van der Waals surface area contributed by atoms with Gasteiger partial charge in [-0.3, -0.25) is 4.79 Å². The first-order valence-electron chi connectivity index (χ1n) is 7.07. The van der Waals surface area contributed by atoms with Crippen LogP contribution in [-0.4, -0.2) is 27.2 Å². The Bertz CT molecular complexity index is 762. The van der Waals surface area contributed by atoms with Crippen molar-refractivity contribution < 1.29 is 19.0 Å². The zero-order chi connectivity index (χ0) is 17.7. The number of hydrogen-bond acceptors (Lipinski definition) is 4. The smallest absolute Gasteiger partial charge is 0.248 e. The molecule has 2 rings (SSSR count). The van der Waals surface area contributed by atoms with Gasteiger partial charge in [-0.2, -0.15) is 0 Å². The largest absolute Gasteiger partial charge is 0.496 e. The normalized spacial score (nSPS) is 10.7. The molecule has 0 aliphatic heterocycles. The summed E-state index contributed by atoms with van der Waals surface area (Å²) in [5.41, 5.74) is 7.40. The van der Waals surface area contributed by atoms with Gasteiger partial charge in [0.05, 0.1) is 21.3 Å². The van der Waals surface area contributed by atoms with E-state index in [1.807, 2.05) is 24.3 Å². The maximum Gasteiger partial charge on any atom is 0.248 e. The van der Waals surface area contributed by atoms with Gasteiger partial charge in [0, 0.05) is 11.1 Å². The van der Waals surface area contributed by atoms with E-state index in [1.165, 1.54) is 0 Å². The molecule has 5 nitrogen and oxygen atoms in total. The molecule has 0 heterocycles. The van der Waals surface area contributed by atoms with Gasteiger partial charge in [0.25, 0.3) is 0 Å². The van der Waals surface area contributed by atoms with Crippen LogP contribution in [0, 0.1) is 0 Å². The Morgan fingerprint density at radius 1 is 0.958 bits per heavy atom. The first-order valence-corrected chi connectivity index (χ1v) is 7.87. The Balaban J connectivity index is 2.39. The van der Waals surface area contributed by atoms with Gasteiger partial charge in [0.15, 0.2) is 0 Å². The molecule has 0 aliphatic carbocycles. The van der Waals surface area contributed by atoms with Crippen LogP contribution >= 0.6 is 15.9 Å². The Morgan fingerprint density at radius 3 is 2.04 bits per heavy atom. The highest BCUT2D eigenvalue weighted by Gasteiger charge is 2.09. The van der Waals surface area contributed by atoms with Crippen LogP contribution in [0.1, 0.15) is 21.5 Å². The number of ether oxygens (including phenoxy) is 3. The zero-order valence-electron chi connectivity index (χ0n) is 13.6. The Hall–Kier alpha value is -2.47. The van der Waals surface area contributed by atoms with Gasteiger partial charge < -0.3 is 19.9 Å². The summed E-state index contributed by atoms with van der Waals surface area (Å²) in [5, 5.41) is 0. The van der Waals surface area contributed by atoms with Crippen molar-refractivity contribution in [3.05, 3.63) is 51.5 Å². The fourth-order valence-corrected chi connectivity index (χ4v) is 2.73. The summed E-state index contributed by atoms with van der Waals surface area (Å²) in [7, 11) is 4.74. The first kappa shape index (κ1) is 17.9. The summed E-state index contributed by atoms with van der Waals surface area (Å²) in [5.74, 6) is 1.42. The van der Waals surface area contributed by atoms with Crippen LogP contribution in [0.4, 0.5) is 0 Å². The van der Waals surface area contributed by atoms with Crippen molar-refractivity contribution in [2.75, 3.05) is 21.3 Å². The Labute approximate surface area is 149 Å². The summed E-state index contributed by atoms with van der Waals surface area (Å²) in [6, 6.07) is 8.82. The molecule has 0 unspecified atom stereocenters. The molecular weight excluding hydrogens is 374 g/mol. The van der Waals surface area contributed by atoms with Gasteiger partial charge in [-0.15, -0.1) is 0 Å². The van der Waals surface area contributed by atoms with Crippen molar-refractivity contribution >= 4 is 34.0 Å². The molecule has 0 radical (unpaired) electrons. The molecule has 126 valence electrons. The van der Waals surface area contributed by atoms with Crippen molar-refractivity contribution in [1.29, 1.82) is 0 Å². The average molecular weight is 392 g/mol. The molecular formula is C18H18BrNO4. The number of nitrogens with two attached hydrogens (primary N) is 1. The minimum absolute atomic E-state index is 0.399. The number of primary amides is 1. The van der Waals surface area contributed by atoms with E-state index in [-0.39, 0.29) is 0 Å². The SMILES string of the molecule is COc1cc(C(N)=O)ccc1/C=C/c1cc(OC)c(Br)c(OC)c1. The number of rotatable bonds is 6. The van der Waals surface area contributed by atoms with Gasteiger partial charge in [-0.1, -0.05) is 18.2 Å². The molecule has 0 bridgehead atoms. The molecule has 0 spiro atoms. The minimum Gasteiger partial charge on any atom is -0.496 e. The van der Waals surface area contributed by atoms with Crippen LogP contribution in [0.25, 0.3) is 12.2 Å². The Morgan fingerprint density at radius 2 is 1.54 bits per heavy atom. The van der Waals surface area contributed by atoms with Crippen LogP contribution in [-0.2, 0) is 0 Å². The molecule has 0 atom stereocenters. The third-order valence-corrected chi connectivity index (χ3v) is 4.22. The predicted molar refractivity (Wildman–Crippen MR) is 97.7 cm³/mol. The molecule has 6 heteroatoms. The van der Waals surface area contributed by atoms with Gasteiger partial charge in [0.2, 0.25) is 5.91 Å². The van der Waals surface area contributed by atoms with Gasteiger partial charge in [-0.25, -0.2) is 0 Å². The van der Waals surface area contributed by atoms with E-state index in [0.717, 1.165) is 15.6 Å². The molecule has 2 aromatic rings. The van der Waals surface area contributed by atoms with E-state index in [9.17, 15) is 4.79 Å². The highest BCUT2D eigenvalue weighted by atomic mass is 79.9. The molecule has 2 aromatic carbocycles. The van der Waals surface area contributed by atoms with Crippen LogP contribution < -0.4 is 19.9 Å². The summed E-state index contributed by atoms with van der Waals surface area (Å²) in [4.78, 5) is 11.2. The van der Waals surface area contributed by atoms with E-state index < -0.39 is 5.91 Å². The van der Waals surface area contributed by atoms with Crippen molar-refractivity contribution in [3.8, 4) is 17.2 Å². The number of methoxy groups -OCH3 is 3. The van der Waals surface area contributed by atoms with E-state index in [1.54, 1.807) is 39.5 Å². The van der Waals surface area contributed by atoms with Crippen LogP contribution in [0.15, 0.2) is 34.8 Å². The average Bonchev–Trinajstić information content (AvgIpc) is 2.60. The predicted octanol–water partition coefficient (Wildman–Crippen LogP) is 3.74. The molecule has 2 N–H and O–H groups in total. The van der Waals surface area contributed by atoms with E-state index in [4.69, 9.17) is 19.9 Å². The van der Waals surface area contributed by atoms with Crippen LogP contribution in [0.3, 0.4) is 0 Å². The maximum absolute atomic E-state index is 11.2. The standard InChI is InChI=1S/C18H18BrNO4/c1-22-14-10-13(18(20)21)7-6-12(14)5-4-11-8-15(23-2)17(19)16(9-11)24-3/h4-10H,1-3H3,(H2,20,21)/b5-4+. The number of halogens is 1. The maximum atomic E-state index is 11.2. The summed E-state index contributed by atoms with van der Waals surface area (Å²) >= 11 is 3.44. The second-order valence-corrected chi connectivity index (χ2v) is 5.69. The zero-order valence-corrected chi connectivity index (χ0v) is 15.2. The first-order chi connectivity index (χ1) is 11.5. The summed E-state index contributed by atoms with van der Waals surface area (Å²) in [6.45, 7) is 0. The lowest BCUT2D eigenvalue weighted by molar-refractivity contribution is 0.1000. The summed E-state index contributed by atoms with van der Waals surface area (Å²) in [6.07, 6.45) is 3.78. The quantitative estimate of drug-likeness (QED) is 0.761. The second-order valence-electron chi connectivity index (χ2n) is 4.89. The molecule has 24 heavy (non-hydrogen) atoms. The topological polar surface area (TPSA) is 70.8 Å². The number of hydrogen-bond donors (Lipinski definition) is 1. The molecule has 0 aromatic heterocycles.